The van der Waals surface area contributed by atoms with Crippen LogP contribution in [0.4, 0.5) is 13.2 Å². The zero-order valence-electron chi connectivity index (χ0n) is 20.6. The van der Waals surface area contributed by atoms with E-state index < -0.39 is 24.9 Å². The number of carbonyl (C=O) groups excluding carboxylic acids is 1. The number of ether oxygens (including phenoxy) is 3. The van der Waals surface area contributed by atoms with Crippen molar-refractivity contribution in [2.45, 2.75) is 84.1 Å². The van der Waals surface area contributed by atoms with Crippen molar-refractivity contribution in [3.05, 3.63) is 42.2 Å². The molecular weight excluding hydrogens is 461 g/mol. The van der Waals surface area contributed by atoms with Crippen molar-refractivity contribution in [1.82, 2.24) is 9.97 Å². The third kappa shape index (κ3) is 10.6. The van der Waals surface area contributed by atoms with Gasteiger partial charge < -0.3 is 14.2 Å². The van der Waals surface area contributed by atoms with Gasteiger partial charge in [-0.1, -0.05) is 57.4 Å². The number of aryl methyl sites for hydroxylation is 1. The zero-order chi connectivity index (χ0) is 25.7. The minimum atomic E-state index is -4.79. The van der Waals surface area contributed by atoms with E-state index >= 15 is 0 Å². The number of unbranched alkanes of at least 4 members (excludes halogenated alkanes) is 3. The molecule has 194 valence electrons. The van der Waals surface area contributed by atoms with Crippen LogP contribution in [0.2, 0.25) is 0 Å². The summed E-state index contributed by atoms with van der Waals surface area (Å²) < 4.78 is 54.8. The van der Waals surface area contributed by atoms with E-state index in [1.807, 2.05) is 26.0 Å². The number of alkyl halides is 3. The predicted octanol–water partition coefficient (Wildman–Crippen LogP) is 6.32. The lowest BCUT2D eigenvalue weighted by atomic mass is 10.0. The van der Waals surface area contributed by atoms with Gasteiger partial charge in [0.15, 0.2) is 0 Å². The van der Waals surface area contributed by atoms with Crippen molar-refractivity contribution >= 4 is 5.97 Å². The Labute approximate surface area is 205 Å². The fourth-order valence-electron chi connectivity index (χ4n) is 3.18. The molecule has 1 aromatic carbocycles. The molecule has 2 unspecified atom stereocenters. The smallest absolute Gasteiger partial charge is 0.428 e. The Kier molecular flexibility index (Phi) is 12.0. The van der Waals surface area contributed by atoms with Crippen LogP contribution in [0, 0.1) is 0 Å². The van der Waals surface area contributed by atoms with E-state index in [9.17, 15) is 18.0 Å². The quantitative estimate of drug-likeness (QED) is 0.212. The molecule has 6 nitrogen and oxygen atoms in total. The second-order valence-electron chi connectivity index (χ2n) is 8.43. The highest BCUT2D eigenvalue weighted by Crippen LogP contribution is 2.25. The molecular formula is C26H35F3N2O4. The van der Waals surface area contributed by atoms with Gasteiger partial charge in [0.1, 0.15) is 6.61 Å². The van der Waals surface area contributed by atoms with Crippen molar-refractivity contribution < 1.29 is 32.2 Å². The highest BCUT2D eigenvalue weighted by molar-refractivity contribution is 5.69. The van der Waals surface area contributed by atoms with Gasteiger partial charge in [0, 0.05) is 18.0 Å². The number of carbonyl (C=O) groups is 1. The first-order chi connectivity index (χ1) is 16.7. The summed E-state index contributed by atoms with van der Waals surface area (Å²) in [5, 5.41) is 0. The van der Waals surface area contributed by atoms with Gasteiger partial charge in [-0.15, -0.1) is 0 Å². The second-order valence-corrected chi connectivity index (χ2v) is 8.43. The van der Waals surface area contributed by atoms with Crippen LogP contribution in [-0.4, -0.2) is 47.5 Å². The molecule has 0 saturated heterocycles. The summed E-state index contributed by atoms with van der Waals surface area (Å²) in [5.41, 5.74) is 2.87. The van der Waals surface area contributed by atoms with Gasteiger partial charge >= 0.3 is 18.2 Å². The van der Waals surface area contributed by atoms with Crippen LogP contribution in [0.3, 0.4) is 0 Å². The molecule has 0 N–H and O–H groups in total. The lowest BCUT2D eigenvalue weighted by Gasteiger charge is -2.20. The van der Waals surface area contributed by atoms with Gasteiger partial charge in [0.2, 0.25) is 6.10 Å². The van der Waals surface area contributed by atoms with E-state index in [1.54, 1.807) is 0 Å². The largest absolute Gasteiger partial charge is 0.459 e. The normalized spacial score (nSPS) is 13.3. The van der Waals surface area contributed by atoms with Gasteiger partial charge in [-0.2, -0.15) is 13.2 Å². The Hall–Kier alpha value is -2.68. The molecule has 35 heavy (non-hydrogen) atoms. The molecule has 0 aliphatic carbocycles. The fourth-order valence-corrected chi connectivity index (χ4v) is 3.18. The number of halogens is 3. The van der Waals surface area contributed by atoms with Crippen molar-refractivity contribution in [2.24, 2.45) is 0 Å². The molecule has 0 saturated carbocycles. The van der Waals surface area contributed by atoms with E-state index in [1.165, 1.54) is 37.2 Å². The number of aromatic nitrogens is 2. The van der Waals surface area contributed by atoms with Crippen LogP contribution in [-0.2, 0) is 20.7 Å². The monoisotopic (exact) mass is 496 g/mol. The Morgan fingerprint density at radius 2 is 1.69 bits per heavy atom. The zero-order valence-corrected chi connectivity index (χ0v) is 20.6. The van der Waals surface area contributed by atoms with Gasteiger partial charge in [-0.3, -0.25) is 4.79 Å². The van der Waals surface area contributed by atoms with Crippen LogP contribution >= 0.6 is 0 Å². The highest BCUT2D eigenvalue weighted by Gasteiger charge is 2.43. The number of esters is 1. The first kappa shape index (κ1) is 28.6. The molecule has 2 rings (SSSR count). The van der Waals surface area contributed by atoms with E-state index in [-0.39, 0.29) is 25.1 Å². The Morgan fingerprint density at radius 3 is 2.29 bits per heavy atom. The van der Waals surface area contributed by atoms with Crippen LogP contribution in [0.25, 0.3) is 11.1 Å². The van der Waals surface area contributed by atoms with Gasteiger partial charge in [0.25, 0.3) is 0 Å². The minimum absolute atomic E-state index is 0.0102. The molecule has 0 spiro atoms. The molecule has 9 heteroatoms. The standard InChI is InChI=1S/C26H35F3N2O4/c1-4-6-7-8-9-20-10-12-21(13-11-20)22-16-30-25(31-17-22)34-18-23(26(27,28)29)35-24(32)14-15-33-19(3)5-2/h10-13,16-17,19,23H,4-9,14-15,18H2,1-3H3. The summed E-state index contributed by atoms with van der Waals surface area (Å²) in [6, 6.07) is 7.83. The number of hydrogen-bond donors (Lipinski definition) is 0. The average Bonchev–Trinajstić information content (AvgIpc) is 2.84. The van der Waals surface area contributed by atoms with E-state index in [2.05, 4.69) is 33.8 Å². The van der Waals surface area contributed by atoms with Crippen LogP contribution < -0.4 is 4.74 Å². The summed E-state index contributed by atoms with van der Waals surface area (Å²) in [4.78, 5) is 19.8. The Balaban J connectivity index is 1.87. The summed E-state index contributed by atoms with van der Waals surface area (Å²) in [7, 11) is 0. The van der Waals surface area contributed by atoms with Crippen LogP contribution in [0.15, 0.2) is 36.7 Å². The highest BCUT2D eigenvalue weighted by atomic mass is 19.4. The summed E-state index contributed by atoms with van der Waals surface area (Å²) in [6.07, 6.45) is 1.97. The second kappa shape index (κ2) is 14.7. The number of nitrogens with zero attached hydrogens (tertiary/aromatic N) is 2. The van der Waals surface area contributed by atoms with Crippen molar-refractivity contribution in [3.8, 4) is 17.1 Å². The Morgan fingerprint density at radius 1 is 1.00 bits per heavy atom. The molecule has 2 atom stereocenters. The summed E-state index contributed by atoms with van der Waals surface area (Å²) in [5.74, 6) is -1.01. The van der Waals surface area contributed by atoms with E-state index in [0.717, 1.165) is 30.4 Å². The summed E-state index contributed by atoms with van der Waals surface area (Å²) in [6.45, 7) is 4.95. The molecule has 2 aromatic rings. The number of benzene rings is 1. The maximum atomic E-state index is 13.3. The predicted molar refractivity (Wildman–Crippen MR) is 127 cm³/mol. The van der Waals surface area contributed by atoms with E-state index in [4.69, 9.17) is 9.47 Å². The maximum absolute atomic E-state index is 13.3. The molecule has 0 fully saturated rings. The molecule has 0 radical (unpaired) electrons. The number of hydrogen-bond acceptors (Lipinski definition) is 6. The van der Waals surface area contributed by atoms with E-state index in [0.29, 0.717) is 0 Å². The number of rotatable bonds is 15. The SMILES string of the molecule is CCCCCCc1ccc(-c2cnc(OCC(OC(=O)CCOC(C)CC)C(F)(F)F)nc2)cc1. The lowest BCUT2D eigenvalue weighted by molar-refractivity contribution is -0.227. The fraction of sp³-hybridized carbons (Fsp3) is 0.577. The van der Waals surface area contributed by atoms with Gasteiger partial charge in [0.05, 0.1) is 19.1 Å². The lowest BCUT2D eigenvalue weighted by Crippen LogP contribution is -2.39. The molecule has 0 amide bonds. The summed E-state index contributed by atoms with van der Waals surface area (Å²) >= 11 is 0. The minimum Gasteiger partial charge on any atom is -0.459 e. The van der Waals surface area contributed by atoms with Crippen molar-refractivity contribution in [1.29, 1.82) is 0 Å². The van der Waals surface area contributed by atoms with Gasteiger partial charge in [-0.25, -0.2) is 9.97 Å². The topological polar surface area (TPSA) is 70.5 Å². The average molecular weight is 497 g/mol. The molecule has 1 heterocycles. The molecule has 1 aromatic heterocycles. The van der Waals surface area contributed by atoms with Crippen molar-refractivity contribution in [3.63, 3.8) is 0 Å². The van der Waals surface area contributed by atoms with Crippen molar-refractivity contribution in [2.75, 3.05) is 13.2 Å². The molecule has 0 aliphatic heterocycles. The molecule has 0 aliphatic rings. The maximum Gasteiger partial charge on any atom is 0.428 e. The van der Waals surface area contributed by atoms with Crippen LogP contribution in [0.5, 0.6) is 6.01 Å². The third-order valence-corrected chi connectivity index (χ3v) is 5.52. The first-order valence-electron chi connectivity index (χ1n) is 12.1. The van der Waals surface area contributed by atoms with Crippen LogP contribution in [0.1, 0.15) is 64.9 Å². The first-order valence-corrected chi connectivity index (χ1v) is 12.1. The van der Waals surface area contributed by atoms with Gasteiger partial charge in [-0.05, 0) is 37.3 Å². The third-order valence-electron chi connectivity index (χ3n) is 5.52. The Bertz CT molecular complexity index is 874. The molecule has 0 bridgehead atoms.